The molecule has 0 spiro atoms. The number of amides is 3. The normalized spacial score (nSPS) is 21.5. The van der Waals surface area contributed by atoms with Gasteiger partial charge >= 0.3 is 0 Å². The quantitative estimate of drug-likeness (QED) is 0.726. The van der Waals surface area contributed by atoms with Crippen LogP contribution in [0, 0.1) is 0 Å². The number of para-hydroxylation sites is 1. The minimum absolute atomic E-state index is 0.260. The topological polar surface area (TPSA) is 113 Å². The van der Waals surface area contributed by atoms with Crippen LogP contribution in [-0.2, 0) is 14.4 Å². The summed E-state index contributed by atoms with van der Waals surface area (Å²) in [4.78, 5) is 39.5. The summed E-state index contributed by atoms with van der Waals surface area (Å²) in [6.45, 7) is 0.555. The van der Waals surface area contributed by atoms with Crippen LogP contribution < -0.4 is 19.7 Å². The van der Waals surface area contributed by atoms with Crippen LogP contribution in [0.1, 0.15) is 0 Å². The van der Waals surface area contributed by atoms with Crippen LogP contribution in [0.4, 0.5) is 11.4 Å². The number of anilines is 2. The first kappa shape index (κ1) is 19.3. The van der Waals surface area contributed by atoms with Crippen molar-refractivity contribution in [1.82, 2.24) is 5.01 Å². The maximum absolute atomic E-state index is 13.1. The molecule has 3 amide bonds. The third kappa shape index (κ3) is 3.34. The average molecular weight is 442 g/mol. The molecule has 2 atom stereocenters. The molecule has 2 aromatic carbocycles. The van der Waals surface area contributed by atoms with Crippen LogP contribution in [0.3, 0.4) is 0 Å². The van der Waals surface area contributed by atoms with Crippen LogP contribution in [0.15, 0.2) is 52.8 Å². The number of imide groups is 1. The van der Waals surface area contributed by atoms with Crippen LogP contribution in [0.5, 0.6) is 11.5 Å². The number of hydrogen-bond acceptors (Lipinski definition) is 8. The molecule has 2 unspecified atom stereocenters. The summed E-state index contributed by atoms with van der Waals surface area (Å²) in [6.07, 6.45) is 0. The van der Waals surface area contributed by atoms with E-state index in [4.69, 9.17) is 21.1 Å². The van der Waals surface area contributed by atoms with E-state index in [0.717, 1.165) is 4.90 Å². The second kappa shape index (κ2) is 7.55. The van der Waals surface area contributed by atoms with Gasteiger partial charge in [-0.25, -0.2) is 4.90 Å². The summed E-state index contributed by atoms with van der Waals surface area (Å²) in [7, 11) is 0. The molecule has 158 valence electrons. The molecule has 0 saturated carbocycles. The van der Waals surface area contributed by atoms with Gasteiger partial charge in [0.05, 0.1) is 16.4 Å². The van der Waals surface area contributed by atoms with Crippen molar-refractivity contribution in [2.45, 2.75) is 12.1 Å². The van der Waals surface area contributed by atoms with Gasteiger partial charge in [-0.2, -0.15) is 5.11 Å². The van der Waals surface area contributed by atoms with E-state index in [1.807, 2.05) is 0 Å². The summed E-state index contributed by atoms with van der Waals surface area (Å²) < 4.78 is 11.0. The number of benzene rings is 2. The summed E-state index contributed by atoms with van der Waals surface area (Å²) in [5.74, 6) is -0.455. The van der Waals surface area contributed by atoms with Crippen molar-refractivity contribution in [3.63, 3.8) is 0 Å². The van der Waals surface area contributed by atoms with E-state index < -0.39 is 29.8 Å². The Morgan fingerprint density at radius 3 is 2.68 bits per heavy atom. The predicted octanol–water partition coefficient (Wildman–Crippen LogP) is 2.04. The number of rotatable bonds is 4. The molecule has 0 bridgehead atoms. The Balaban J connectivity index is 1.33. The Bertz CT molecular complexity index is 1120. The largest absolute Gasteiger partial charge is 0.486 e. The van der Waals surface area contributed by atoms with Crippen molar-refractivity contribution in [3.8, 4) is 11.5 Å². The van der Waals surface area contributed by atoms with Crippen LogP contribution in [0.25, 0.3) is 0 Å². The maximum atomic E-state index is 13.1. The fourth-order valence-electron chi connectivity index (χ4n) is 3.68. The van der Waals surface area contributed by atoms with Gasteiger partial charge in [0.2, 0.25) is 5.91 Å². The molecule has 11 heteroatoms. The Hall–Kier alpha value is -3.66. The summed E-state index contributed by atoms with van der Waals surface area (Å²) >= 11 is 6.06. The van der Waals surface area contributed by atoms with Gasteiger partial charge in [-0.3, -0.25) is 19.4 Å². The summed E-state index contributed by atoms with van der Waals surface area (Å²) in [5, 5.41) is 12.1. The lowest BCUT2D eigenvalue weighted by Gasteiger charge is -2.22. The third-order valence-corrected chi connectivity index (χ3v) is 5.42. The molecule has 0 radical (unpaired) electrons. The first-order valence-corrected chi connectivity index (χ1v) is 9.90. The highest BCUT2D eigenvalue weighted by Gasteiger charge is 2.55. The lowest BCUT2D eigenvalue weighted by atomic mass is 10.1. The molecule has 0 aromatic heterocycles. The number of hydrogen-bond donors (Lipinski definition) is 1. The number of fused-ring (bicyclic) bond motifs is 2. The number of ether oxygens (including phenoxy) is 2. The van der Waals surface area contributed by atoms with Crippen molar-refractivity contribution < 1.29 is 23.9 Å². The number of halogens is 1. The van der Waals surface area contributed by atoms with E-state index >= 15 is 0 Å². The standard InChI is InChI=1S/C20H16ClN5O5/c21-12-3-1-2-4-13(12)22-16(27)10-25-18-17(23-24-25)19(28)26(20(18)29)11-5-6-14-15(9-11)31-8-7-30-14/h1-6,9,17-18H,7-8,10H2,(H,22,27). The smallest absolute Gasteiger partial charge is 0.263 e. The van der Waals surface area contributed by atoms with Gasteiger partial charge in [-0.05, 0) is 24.3 Å². The molecule has 1 N–H and O–H groups in total. The van der Waals surface area contributed by atoms with E-state index in [0.29, 0.717) is 41.1 Å². The van der Waals surface area contributed by atoms with E-state index in [1.54, 1.807) is 42.5 Å². The molecular formula is C20H16ClN5O5. The highest BCUT2D eigenvalue weighted by Crippen LogP contribution is 2.37. The van der Waals surface area contributed by atoms with Crippen molar-refractivity contribution in [3.05, 3.63) is 47.5 Å². The maximum Gasteiger partial charge on any atom is 0.263 e. The van der Waals surface area contributed by atoms with E-state index in [1.165, 1.54) is 5.01 Å². The number of nitrogens with zero attached hydrogens (tertiary/aromatic N) is 4. The minimum Gasteiger partial charge on any atom is -0.486 e. The molecule has 0 aliphatic carbocycles. The lowest BCUT2D eigenvalue weighted by molar-refractivity contribution is -0.123. The third-order valence-electron chi connectivity index (χ3n) is 5.10. The molecule has 3 aliphatic heterocycles. The number of nitrogens with one attached hydrogen (secondary N) is 1. The first-order valence-electron chi connectivity index (χ1n) is 9.52. The minimum atomic E-state index is -1.01. The highest BCUT2D eigenvalue weighted by molar-refractivity contribution is 6.33. The molecule has 1 saturated heterocycles. The zero-order valence-corrected chi connectivity index (χ0v) is 16.8. The fourth-order valence-corrected chi connectivity index (χ4v) is 3.86. The Labute approximate surface area is 181 Å². The molecule has 3 heterocycles. The summed E-state index contributed by atoms with van der Waals surface area (Å²) in [6, 6.07) is 9.62. The monoisotopic (exact) mass is 441 g/mol. The van der Waals surface area contributed by atoms with Crippen LogP contribution in [0.2, 0.25) is 5.02 Å². The van der Waals surface area contributed by atoms with Gasteiger partial charge in [-0.1, -0.05) is 29.0 Å². The molecule has 10 nitrogen and oxygen atoms in total. The van der Waals surface area contributed by atoms with E-state index in [2.05, 4.69) is 15.7 Å². The zero-order valence-electron chi connectivity index (χ0n) is 16.0. The van der Waals surface area contributed by atoms with Gasteiger partial charge in [0.1, 0.15) is 19.8 Å². The second-order valence-corrected chi connectivity index (χ2v) is 7.47. The van der Waals surface area contributed by atoms with Gasteiger partial charge in [0.15, 0.2) is 23.6 Å². The van der Waals surface area contributed by atoms with Crippen molar-refractivity contribution in [1.29, 1.82) is 0 Å². The van der Waals surface area contributed by atoms with Crippen molar-refractivity contribution in [2.75, 3.05) is 30.0 Å². The van der Waals surface area contributed by atoms with E-state index in [9.17, 15) is 14.4 Å². The van der Waals surface area contributed by atoms with Crippen LogP contribution in [-0.4, -0.2) is 54.6 Å². The van der Waals surface area contributed by atoms with Gasteiger partial charge in [0, 0.05) is 6.07 Å². The molecule has 1 fully saturated rings. The summed E-state index contributed by atoms with van der Waals surface area (Å²) in [5.41, 5.74) is 0.790. The number of carbonyl (C=O) groups excluding carboxylic acids is 3. The SMILES string of the molecule is O=C(CN1N=NC2C(=O)N(c3ccc4c(c3)OCCO4)C(=O)C21)Nc1ccccc1Cl. The van der Waals surface area contributed by atoms with Crippen molar-refractivity contribution >= 4 is 40.7 Å². The first-order chi connectivity index (χ1) is 15.0. The predicted molar refractivity (Wildman–Crippen MR) is 109 cm³/mol. The lowest BCUT2D eigenvalue weighted by Crippen LogP contribution is -2.43. The molecular weight excluding hydrogens is 426 g/mol. The average Bonchev–Trinajstić information content (AvgIpc) is 3.29. The Morgan fingerprint density at radius 2 is 1.87 bits per heavy atom. The van der Waals surface area contributed by atoms with Crippen LogP contribution >= 0.6 is 11.6 Å². The van der Waals surface area contributed by atoms with Gasteiger partial charge < -0.3 is 14.8 Å². The fraction of sp³-hybridized carbons (Fsp3) is 0.250. The van der Waals surface area contributed by atoms with Gasteiger partial charge in [-0.15, -0.1) is 0 Å². The molecule has 31 heavy (non-hydrogen) atoms. The van der Waals surface area contributed by atoms with E-state index in [-0.39, 0.29) is 6.54 Å². The van der Waals surface area contributed by atoms with Gasteiger partial charge in [0.25, 0.3) is 11.8 Å². The zero-order chi connectivity index (χ0) is 21.5. The Morgan fingerprint density at radius 1 is 1.10 bits per heavy atom. The Kier molecular flexibility index (Phi) is 4.70. The second-order valence-electron chi connectivity index (χ2n) is 7.06. The molecule has 5 rings (SSSR count). The van der Waals surface area contributed by atoms with Crippen molar-refractivity contribution in [2.24, 2.45) is 10.3 Å². The number of carbonyl (C=O) groups is 3. The molecule has 2 aromatic rings. The highest BCUT2D eigenvalue weighted by atomic mass is 35.5. The molecule has 3 aliphatic rings.